The van der Waals surface area contributed by atoms with Gasteiger partial charge < -0.3 is 10.4 Å². The molecule has 1 aromatic heterocycles. The van der Waals surface area contributed by atoms with Crippen molar-refractivity contribution < 1.29 is 0 Å². The SMILES string of the molecule is Cc1ccc2nc(C3=Cc4ccccc4CC3=N)[nH]c2c1. The van der Waals surface area contributed by atoms with Crippen LogP contribution in [0.5, 0.6) is 0 Å². The Labute approximate surface area is 122 Å². The summed E-state index contributed by atoms with van der Waals surface area (Å²) in [7, 11) is 0. The highest BCUT2D eigenvalue weighted by atomic mass is 14.9. The van der Waals surface area contributed by atoms with Gasteiger partial charge in [-0.2, -0.15) is 0 Å². The zero-order valence-electron chi connectivity index (χ0n) is 11.8. The summed E-state index contributed by atoms with van der Waals surface area (Å²) in [6.45, 7) is 2.07. The van der Waals surface area contributed by atoms with Crippen LogP contribution in [-0.4, -0.2) is 15.7 Å². The lowest BCUT2D eigenvalue weighted by Crippen LogP contribution is -2.11. The van der Waals surface area contributed by atoms with E-state index in [0.717, 1.165) is 22.4 Å². The quantitative estimate of drug-likeness (QED) is 0.692. The van der Waals surface area contributed by atoms with Crippen LogP contribution in [0.25, 0.3) is 22.7 Å². The monoisotopic (exact) mass is 273 g/mol. The van der Waals surface area contributed by atoms with Crippen LogP contribution in [0.3, 0.4) is 0 Å². The fraction of sp³-hybridized carbons (Fsp3) is 0.111. The third-order valence-electron chi connectivity index (χ3n) is 3.94. The van der Waals surface area contributed by atoms with Crippen LogP contribution in [0.1, 0.15) is 22.5 Å². The van der Waals surface area contributed by atoms with E-state index >= 15 is 0 Å². The van der Waals surface area contributed by atoms with Gasteiger partial charge in [0.25, 0.3) is 0 Å². The molecule has 0 bridgehead atoms. The largest absolute Gasteiger partial charge is 0.338 e. The van der Waals surface area contributed by atoms with Gasteiger partial charge in [-0.15, -0.1) is 0 Å². The highest BCUT2D eigenvalue weighted by Crippen LogP contribution is 2.28. The molecule has 3 aromatic rings. The van der Waals surface area contributed by atoms with E-state index in [9.17, 15) is 0 Å². The lowest BCUT2D eigenvalue weighted by molar-refractivity contribution is 1.23. The number of nitrogens with one attached hydrogen (secondary N) is 2. The molecule has 3 nitrogen and oxygen atoms in total. The van der Waals surface area contributed by atoms with Crippen LogP contribution < -0.4 is 0 Å². The summed E-state index contributed by atoms with van der Waals surface area (Å²) in [6, 6.07) is 14.4. The van der Waals surface area contributed by atoms with Crippen molar-refractivity contribution in [3.63, 3.8) is 0 Å². The molecule has 2 N–H and O–H groups in total. The van der Waals surface area contributed by atoms with Crippen molar-refractivity contribution in [1.29, 1.82) is 5.41 Å². The fourth-order valence-corrected chi connectivity index (χ4v) is 2.83. The van der Waals surface area contributed by atoms with E-state index in [4.69, 9.17) is 5.41 Å². The van der Waals surface area contributed by atoms with Crippen LogP contribution in [0.2, 0.25) is 0 Å². The Kier molecular flexibility index (Phi) is 2.54. The van der Waals surface area contributed by atoms with Gasteiger partial charge in [0.2, 0.25) is 0 Å². The molecule has 3 heteroatoms. The molecule has 2 aromatic carbocycles. The zero-order chi connectivity index (χ0) is 14.4. The molecule has 0 radical (unpaired) electrons. The summed E-state index contributed by atoms with van der Waals surface area (Å²) < 4.78 is 0. The second-order valence-electron chi connectivity index (χ2n) is 5.52. The van der Waals surface area contributed by atoms with Gasteiger partial charge in [-0.3, -0.25) is 0 Å². The molecule has 1 aliphatic carbocycles. The number of aromatic amines is 1. The summed E-state index contributed by atoms with van der Waals surface area (Å²) in [5.74, 6) is 0.787. The zero-order valence-corrected chi connectivity index (χ0v) is 11.8. The minimum Gasteiger partial charge on any atom is -0.338 e. The lowest BCUT2D eigenvalue weighted by atomic mass is 9.90. The highest BCUT2D eigenvalue weighted by Gasteiger charge is 2.19. The van der Waals surface area contributed by atoms with Crippen LogP contribution in [0, 0.1) is 12.3 Å². The Morgan fingerprint density at radius 3 is 2.90 bits per heavy atom. The number of fused-ring (bicyclic) bond motifs is 2. The van der Waals surface area contributed by atoms with Gasteiger partial charge in [0.05, 0.1) is 11.0 Å². The molecule has 0 unspecified atom stereocenters. The summed E-state index contributed by atoms with van der Waals surface area (Å²) in [6.07, 6.45) is 2.73. The molecular formula is C18H15N3. The van der Waals surface area contributed by atoms with E-state index < -0.39 is 0 Å². The van der Waals surface area contributed by atoms with E-state index in [0.29, 0.717) is 12.1 Å². The standard InChI is InChI=1S/C18H15N3/c1-11-6-7-16-17(8-11)21-18(20-16)14-9-12-4-2-3-5-13(12)10-15(14)19/h2-9,19H,10H2,1H3,(H,20,21). The normalized spacial score (nSPS) is 14.1. The van der Waals surface area contributed by atoms with Gasteiger partial charge in [0, 0.05) is 17.7 Å². The number of nitrogens with zero attached hydrogens (tertiary/aromatic N) is 1. The number of hydrogen-bond acceptors (Lipinski definition) is 2. The van der Waals surface area contributed by atoms with Crippen LogP contribution in [-0.2, 0) is 6.42 Å². The Hall–Kier alpha value is -2.68. The van der Waals surface area contributed by atoms with Gasteiger partial charge in [-0.1, -0.05) is 30.3 Å². The lowest BCUT2D eigenvalue weighted by Gasteiger charge is -2.15. The van der Waals surface area contributed by atoms with Crippen molar-refractivity contribution in [3.8, 4) is 0 Å². The summed E-state index contributed by atoms with van der Waals surface area (Å²) >= 11 is 0. The second kappa shape index (κ2) is 4.42. The molecule has 0 aliphatic heterocycles. The van der Waals surface area contributed by atoms with Crippen molar-refractivity contribution in [3.05, 3.63) is 65.0 Å². The molecular weight excluding hydrogens is 258 g/mol. The number of imidazole rings is 1. The van der Waals surface area contributed by atoms with Gasteiger partial charge in [0.15, 0.2) is 0 Å². The fourth-order valence-electron chi connectivity index (χ4n) is 2.83. The Bertz CT molecular complexity index is 900. The number of aromatic nitrogens is 2. The predicted molar refractivity (Wildman–Crippen MR) is 86.6 cm³/mol. The molecule has 1 heterocycles. The molecule has 0 amide bonds. The van der Waals surface area contributed by atoms with Crippen molar-refractivity contribution in [2.45, 2.75) is 13.3 Å². The predicted octanol–water partition coefficient (Wildman–Crippen LogP) is 3.99. The maximum absolute atomic E-state index is 8.30. The van der Waals surface area contributed by atoms with Crippen molar-refractivity contribution in [1.82, 2.24) is 9.97 Å². The van der Waals surface area contributed by atoms with Gasteiger partial charge in [0.1, 0.15) is 5.82 Å². The maximum Gasteiger partial charge on any atom is 0.140 e. The second-order valence-corrected chi connectivity index (χ2v) is 5.52. The maximum atomic E-state index is 8.30. The molecule has 102 valence electrons. The minimum atomic E-state index is 0.615. The van der Waals surface area contributed by atoms with Crippen molar-refractivity contribution in [2.75, 3.05) is 0 Å². The third kappa shape index (κ3) is 1.98. The number of hydrogen-bond donors (Lipinski definition) is 2. The number of allylic oxidation sites excluding steroid dienone is 1. The first-order valence-corrected chi connectivity index (χ1v) is 7.05. The Morgan fingerprint density at radius 2 is 2.00 bits per heavy atom. The van der Waals surface area contributed by atoms with E-state index in [1.165, 1.54) is 16.7 Å². The summed E-state index contributed by atoms with van der Waals surface area (Å²) in [5, 5.41) is 8.30. The minimum absolute atomic E-state index is 0.615. The van der Waals surface area contributed by atoms with Gasteiger partial charge >= 0.3 is 0 Å². The molecule has 21 heavy (non-hydrogen) atoms. The average molecular weight is 273 g/mol. The van der Waals surface area contributed by atoms with E-state index in [2.05, 4.69) is 47.2 Å². The summed E-state index contributed by atoms with van der Waals surface area (Å²) in [4.78, 5) is 7.98. The van der Waals surface area contributed by atoms with Crippen LogP contribution in [0.15, 0.2) is 42.5 Å². The topological polar surface area (TPSA) is 52.5 Å². The Morgan fingerprint density at radius 1 is 1.14 bits per heavy atom. The number of aryl methyl sites for hydroxylation is 1. The first kappa shape index (κ1) is 12.1. The van der Waals surface area contributed by atoms with E-state index in [-0.39, 0.29) is 0 Å². The first-order chi connectivity index (χ1) is 10.2. The smallest absolute Gasteiger partial charge is 0.140 e. The molecule has 0 fully saturated rings. The number of H-pyrrole nitrogens is 1. The first-order valence-electron chi connectivity index (χ1n) is 7.05. The molecule has 0 saturated carbocycles. The van der Waals surface area contributed by atoms with Gasteiger partial charge in [-0.25, -0.2) is 4.98 Å². The van der Waals surface area contributed by atoms with Crippen LogP contribution in [0.4, 0.5) is 0 Å². The van der Waals surface area contributed by atoms with Crippen LogP contribution >= 0.6 is 0 Å². The van der Waals surface area contributed by atoms with Crippen molar-refractivity contribution in [2.24, 2.45) is 0 Å². The highest BCUT2D eigenvalue weighted by molar-refractivity contribution is 6.28. The molecule has 1 aliphatic rings. The average Bonchev–Trinajstić information content (AvgIpc) is 2.89. The number of benzene rings is 2. The molecule has 0 spiro atoms. The third-order valence-corrected chi connectivity index (χ3v) is 3.94. The summed E-state index contributed by atoms with van der Waals surface area (Å²) in [5.41, 5.74) is 7.07. The Balaban J connectivity index is 1.88. The van der Waals surface area contributed by atoms with E-state index in [1.54, 1.807) is 0 Å². The van der Waals surface area contributed by atoms with Gasteiger partial charge in [-0.05, 0) is 41.8 Å². The molecule has 0 saturated heterocycles. The van der Waals surface area contributed by atoms with Crippen molar-refractivity contribution >= 4 is 28.4 Å². The molecule has 4 rings (SSSR count). The molecule has 0 atom stereocenters. The number of rotatable bonds is 1. The van der Waals surface area contributed by atoms with E-state index in [1.807, 2.05) is 18.2 Å².